The van der Waals surface area contributed by atoms with Crippen molar-refractivity contribution >= 4 is 5.82 Å². The van der Waals surface area contributed by atoms with Gasteiger partial charge in [0.05, 0.1) is 7.11 Å². The quantitative estimate of drug-likeness (QED) is 0.820. The Morgan fingerprint density at radius 1 is 1.14 bits per heavy atom. The lowest BCUT2D eigenvalue weighted by molar-refractivity contribution is 0.414. The molecule has 3 N–H and O–H groups in total. The van der Waals surface area contributed by atoms with Crippen LogP contribution >= 0.6 is 0 Å². The highest BCUT2D eigenvalue weighted by molar-refractivity contribution is 5.33. The molecule has 0 saturated heterocycles. The molecule has 1 heterocycles. The van der Waals surface area contributed by atoms with Crippen molar-refractivity contribution in [1.29, 1.82) is 0 Å². The summed E-state index contributed by atoms with van der Waals surface area (Å²) in [5.41, 5.74) is 8.25. The van der Waals surface area contributed by atoms with E-state index >= 15 is 0 Å². The average molecular weight is 285 g/mol. The number of nitrogens with two attached hydrogens (primary N) is 1. The maximum atomic E-state index is 5.75. The first kappa shape index (κ1) is 15.3. The maximum Gasteiger partial charge on any atom is 0.123 e. The van der Waals surface area contributed by atoms with E-state index in [0.29, 0.717) is 11.9 Å². The molecule has 0 saturated carbocycles. The van der Waals surface area contributed by atoms with E-state index in [0.717, 1.165) is 25.1 Å². The largest absolute Gasteiger partial charge is 0.497 e. The number of anilines is 1. The number of ether oxygens (including phenoxy) is 1. The lowest BCUT2D eigenvalue weighted by atomic mass is 9.99. The van der Waals surface area contributed by atoms with Gasteiger partial charge in [-0.3, -0.25) is 0 Å². The Bertz CT molecular complexity index is 554. The van der Waals surface area contributed by atoms with Crippen LogP contribution in [0.1, 0.15) is 18.1 Å². The molecule has 4 nitrogen and oxygen atoms in total. The fraction of sp³-hybridized carbons (Fsp3) is 0.353. The summed E-state index contributed by atoms with van der Waals surface area (Å²) >= 11 is 0. The van der Waals surface area contributed by atoms with E-state index in [1.165, 1.54) is 11.1 Å². The summed E-state index contributed by atoms with van der Waals surface area (Å²) in [6.45, 7) is 3.07. The molecule has 0 fully saturated rings. The first-order chi connectivity index (χ1) is 10.2. The van der Waals surface area contributed by atoms with Gasteiger partial charge in [0.25, 0.3) is 0 Å². The number of nitrogen functional groups attached to an aromatic ring is 1. The molecule has 112 valence electrons. The number of likely N-dealkylation sites (N-methyl/N-ethyl adjacent to an activating group) is 1. The van der Waals surface area contributed by atoms with Crippen LogP contribution in [0.2, 0.25) is 0 Å². The molecule has 0 radical (unpaired) electrons. The molecule has 21 heavy (non-hydrogen) atoms. The second-order valence-electron chi connectivity index (χ2n) is 5.10. The zero-order valence-electron chi connectivity index (χ0n) is 12.7. The van der Waals surface area contributed by atoms with Crippen LogP contribution in [0.4, 0.5) is 5.82 Å². The van der Waals surface area contributed by atoms with Crippen LogP contribution in [0.25, 0.3) is 0 Å². The van der Waals surface area contributed by atoms with Gasteiger partial charge in [-0.2, -0.15) is 0 Å². The summed E-state index contributed by atoms with van der Waals surface area (Å²) in [4.78, 5) is 4.04. The number of benzene rings is 1. The molecule has 2 aromatic rings. The fourth-order valence-electron chi connectivity index (χ4n) is 2.46. The standard InChI is InChI=1S/C17H23N3O/c1-3-19-15(11-14-8-9-20-17(18)12-14)10-13-4-6-16(21-2)7-5-13/h4-9,12,15,19H,3,10-11H2,1-2H3,(H2,18,20). The summed E-state index contributed by atoms with van der Waals surface area (Å²) in [7, 11) is 1.68. The minimum absolute atomic E-state index is 0.380. The molecule has 2 rings (SSSR count). The smallest absolute Gasteiger partial charge is 0.123 e. The third kappa shape index (κ3) is 4.76. The summed E-state index contributed by atoms with van der Waals surface area (Å²) in [6, 6.07) is 12.6. The molecule has 1 aromatic carbocycles. The normalized spacial score (nSPS) is 12.1. The van der Waals surface area contributed by atoms with E-state index in [1.54, 1.807) is 13.3 Å². The van der Waals surface area contributed by atoms with Crippen molar-refractivity contribution in [3.63, 3.8) is 0 Å². The highest BCUT2D eigenvalue weighted by atomic mass is 16.5. The molecule has 0 spiro atoms. The molecule has 0 bridgehead atoms. The Labute approximate surface area is 126 Å². The van der Waals surface area contributed by atoms with Crippen LogP contribution in [0.5, 0.6) is 5.75 Å². The molecule has 0 aliphatic rings. The van der Waals surface area contributed by atoms with Gasteiger partial charge in [-0.15, -0.1) is 0 Å². The van der Waals surface area contributed by atoms with E-state index in [4.69, 9.17) is 10.5 Å². The number of nitrogens with zero attached hydrogens (tertiary/aromatic N) is 1. The zero-order chi connectivity index (χ0) is 15.1. The van der Waals surface area contributed by atoms with Crippen molar-refractivity contribution in [2.45, 2.75) is 25.8 Å². The van der Waals surface area contributed by atoms with Crippen LogP contribution in [-0.2, 0) is 12.8 Å². The predicted octanol–water partition coefficient (Wildman–Crippen LogP) is 2.44. The van der Waals surface area contributed by atoms with Crippen LogP contribution in [0.3, 0.4) is 0 Å². The minimum atomic E-state index is 0.380. The van der Waals surface area contributed by atoms with E-state index in [2.05, 4.69) is 29.4 Å². The van der Waals surface area contributed by atoms with Gasteiger partial charge in [-0.1, -0.05) is 19.1 Å². The van der Waals surface area contributed by atoms with E-state index in [9.17, 15) is 0 Å². The van der Waals surface area contributed by atoms with Crippen molar-refractivity contribution in [1.82, 2.24) is 10.3 Å². The number of pyridine rings is 1. The van der Waals surface area contributed by atoms with Gasteiger partial charge in [-0.25, -0.2) is 4.98 Å². The molecule has 1 unspecified atom stereocenters. The number of aromatic nitrogens is 1. The Morgan fingerprint density at radius 2 is 1.86 bits per heavy atom. The van der Waals surface area contributed by atoms with Gasteiger partial charge in [-0.05, 0) is 54.8 Å². The van der Waals surface area contributed by atoms with Crippen LogP contribution in [-0.4, -0.2) is 24.7 Å². The Kier molecular flexibility index (Phi) is 5.58. The van der Waals surface area contributed by atoms with E-state index in [1.807, 2.05) is 24.3 Å². The van der Waals surface area contributed by atoms with Crippen molar-refractivity contribution in [3.8, 4) is 5.75 Å². The fourth-order valence-corrected chi connectivity index (χ4v) is 2.46. The van der Waals surface area contributed by atoms with E-state index in [-0.39, 0.29) is 0 Å². The molecule has 4 heteroatoms. The summed E-state index contributed by atoms with van der Waals surface area (Å²) in [5.74, 6) is 1.47. The predicted molar refractivity (Wildman–Crippen MR) is 86.5 cm³/mol. The first-order valence-corrected chi connectivity index (χ1v) is 7.28. The second-order valence-corrected chi connectivity index (χ2v) is 5.10. The van der Waals surface area contributed by atoms with Crippen molar-refractivity contribution in [2.75, 3.05) is 19.4 Å². The lowest BCUT2D eigenvalue weighted by Crippen LogP contribution is -2.33. The summed E-state index contributed by atoms with van der Waals surface area (Å²) in [6.07, 6.45) is 3.67. The van der Waals surface area contributed by atoms with Crippen molar-refractivity contribution in [2.24, 2.45) is 0 Å². The number of nitrogens with one attached hydrogen (secondary N) is 1. The third-order valence-electron chi connectivity index (χ3n) is 3.46. The Hall–Kier alpha value is -2.07. The Balaban J connectivity index is 2.04. The molecule has 0 amide bonds. The van der Waals surface area contributed by atoms with Gasteiger partial charge in [0.1, 0.15) is 11.6 Å². The number of hydrogen-bond donors (Lipinski definition) is 2. The zero-order valence-corrected chi connectivity index (χ0v) is 12.7. The topological polar surface area (TPSA) is 60.2 Å². The van der Waals surface area contributed by atoms with Crippen LogP contribution in [0.15, 0.2) is 42.6 Å². The van der Waals surface area contributed by atoms with Crippen molar-refractivity contribution < 1.29 is 4.74 Å². The third-order valence-corrected chi connectivity index (χ3v) is 3.46. The number of methoxy groups -OCH3 is 1. The van der Waals surface area contributed by atoms with Gasteiger partial charge in [0.2, 0.25) is 0 Å². The molecule has 1 atom stereocenters. The number of rotatable bonds is 7. The summed E-state index contributed by atoms with van der Waals surface area (Å²) in [5, 5.41) is 3.54. The van der Waals surface area contributed by atoms with Gasteiger partial charge < -0.3 is 15.8 Å². The first-order valence-electron chi connectivity index (χ1n) is 7.28. The molecular formula is C17H23N3O. The van der Waals surface area contributed by atoms with Crippen LogP contribution < -0.4 is 15.8 Å². The van der Waals surface area contributed by atoms with Gasteiger partial charge in [0, 0.05) is 12.2 Å². The average Bonchev–Trinajstić information content (AvgIpc) is 2.48. The highest BCUT2D eigenvalue weighted by Gasteiger charge is 2.10. The van der Waals surface area contributed by atoms with Crippen molar-refractivity contribution in [3.05, 3.63) is 53.7 Å². The monoisotopic (exact) mass is 285 g/mol. The van der Waals surface area contributed by atoms with Crippen LogP contribution in [0, 0.1) is 0 Å². The summed E-state index contributed by atoms with van der Waals surface area (Å²) < 4.78 is 5.19. The molecular weight excluding hydrogens is 262 g/mol. The molecule has 0 aliphatic carbocycles. The van der Waals surface area contributed by atoms with Gasteiger partial charge >= 0.3 is 0 Å². The molecule has 1 aromatic heterocycles. The minimum Gasteiger partial charge on any atom is -0.497 e. The highest BCUT2D eigenvalue weighted by Crippen LogP contribution is 2.15. The van der Waals surface area contributed by atoms with Gasteiger partial charge in [0.15, 0.2) is 0 Å². The SMILES string of the molecule is CCNC(Cc1ccc(OC)cc1)Cc1ccnc(N)c1. The molecule has 0 aliphatic heterocycles. The Morgan fingerprint density at radius 3 is 2.48 bits per heavy atom. The second kappa shape index (κ2) is 7.64. The van der Waals surface area contributed by atoms with E-state index < -0.39 is 0 Å². The lowest BCUT2D eigenvalue weighted by Gasteiger charge is -2.18. The number of hydrogen-bond acceptors (Lipinski definition) is 4. The maximum absolute atomic E-state index is 5.75.